The summed E-state index contributed by atoms with van der Waals surface area (Å²) in [6.45, 7) is 0. The highest BCUT2D eigenvalue weighted by molar-refractivity contribution is 7.79. The summed E-state index contributed by atoms with van der Waals surface area (Å²) in [5, 5.41) is 29.2. The first-order chi connectivity index (χ1) is 5.46. The van der Waals surface area contributed by atoms with E-state index < -0.39 is 22.4 Å². The lowest BCUT2D eigenvalue weighted by molar-refractivity contribution is -0.219. The van der Waals surface area contributed by atoms with Crippen LogP contribution < -0.4 is 21.7 Å². The van der Waals surface area contributed by atoms with Crippen molar-refractivity contribution in [2.24, 2.45) is 11.5 Å². The molecule has 0 amide bonds. The molecule has 8 N–H and O–H groups in total. The number of nitrogens with one attached hydrogen (secondary N) is 2. The Balaban J connectivity index is -0.000000117. The predicted molar refractivity (Wildman–Crippen MR) is 38.0 cm³/mol. The maximum absolute atomic E-state index is 8.89. The minimum Gasteiger partial charge on any atom is -0.847 e. The van der Waals surface area contributed by atoms with E-state index in [-0.39, 0.29) is 0 Å². The lowest BCUT2D eigenvalue weighted by Gasteiger charge is -1.89. The first kappa shape index (κ1) is 17.5. The zero-order chi connectivity index (χ0) is 11.7. The highest BCUT2D eigenvalue weighted by atomic mass is 32.3. The second-order valence-corrected chi connectivity index (χ2v) is 2.07. The van der Waals surface area contributed by atoms with Gasteiger partial charge in [-0.05, 0) is 0 Å². The number of nitrogens with two attached hydrogens (primary N) is 2. The maximum atomic E-state index is 8.89. The van der Waals surface area contributed by atoms with Crippen molar-refractivity contribution in [1.82, 2.24) is 0 Å². The van der Waals surface area contributed by atoms with Crippen molar-refractivity contribution in [1.29, 1.82) is 10.8 Å². The van der Waals surface area contributed by atoms with Gasteiger partial charge in [-0.25, -0.2) is 0 Å². The first-order valence-corrected chi connectivity index (χ1v) is 3.58. The normalized spacial score (nSPS) is 8.15. The van der Waals surface area contributed by atoms with Crippen LogP contribution in [0.4, 0.5) is 0 Å². The molecule has 13 heavy (non-hydrogen) atoms. The van der Waals surface area contributed by atoms with Crippen molar-refractivity contribution >= 4 is 22.4 Å². The van der Waals surface area contributed by atoms with Crippen LogP contribution in [0.3, 0.4) is 0 Å². The maximum Gasteiger partial charge on any atom is 0.394 e. The van der Waals surface area contributed by atoms with E-state index >= 15 is 0 Å². The van der Waals surface area contributed by atoms with Gasteiger partial charge in [-0.1, -0.05) is 0 Å². The van der Waals surface area contributed by atoms with E-state index in [9.17, 15) is 0 Å². The molecular weight excluding hydrogens is 208 g/mol. The molecule has 0 bridgehead atoms. The van der Waals surface area contributed by atoms with Gasteiger partial charge in [0, 0.05) is 12.0 Å². The van der Waals surface area contributed by atoms with E-state index in [4.69, 9.17) is 38.6 Å². The van der Waals surface area contributed by atoms with Crippen molar-refractivity contribution < 1.29 is 27.7 Å². The summed E-state index contributed by atoms with van der Waals surface area (Å²) >= 11 is 0. The van der Waals surface area contributed by atoms with Gasteiger partial charge in [0.1, 0.15) is 0 Å². The van der Waals surface area contributed by atoms with E-state index in [1.165, 1.54) is 0 Å². The monoisotopic (exact) mass is 216 g/mol. The van der Waals surface area contributed by atoms with Crippen LogP contribution in [0.5, 0.6) is 0 Å². The molecule has 0 aromatic rings. The molecule has 0 rings (SSSR count). The lowest BCUT2D eigenvalue weighted by Crippen LogP contribution is -2.25. The first-order valence-electron chi connectivity index (χ1n) is 2.18. The van der Waals surface area contributed by atoms with Gasteiger partial charge >= 0.3 is 10.4 Å². The van der Waals surface area contributed by atoms with Gasteiger partial charge in [0.15, 0.2) is 0 Å². The molecular formula is C2H8N4O6S-2. The third-order valence-electron chi connectivity index (χ3n) is 0. The molecule has 0 aliphatic rings. The second-order valence-electron chi connectivity index (χ2n) is 1.18. The Bertz CT molecular complexity index is 217. The topological polar surface area (TPSA) is 220 Å². The van der Waals surface area contributed by atoms with Crippen LogP contribution >= 0.6 is 0 Å². The van der Waals surface area contributed by atoms with Crippen molar-refractivity contribution in [3.8, 4) is 0 Å². The molecule has 0 fully saturated rings. The average molecular weight is 216 g/mol. The Morgan fingerprint density at radius 3 is 1.08 bits per heavy atom. The zero-order valence-electron chi connectivity index (χ0n) is 6.09. The molecule has 0 spiro atoms. The second kappa shape index (κ2) is 8.51. The highest BCUT2D eigenvalue weighted by Gasteiger charge is 1.84. The van der Waals surface area contributed by atoms with E-state index in [1.807, 2.05) is 0 Å². The largest absolute Gasteiger partial charge is 0.847 e. The van der Waals surface area contributed by atoms with Crippen molar-refractivity contribution in [3.63, 3.8) is 0 Å². The van der Waals surface area contributed by atoms with E-state index in [0.717, 1.165) is 0 Å². The molecule has 11 heteroatoms. The highest BCUT2D eigenvalue weighted by Crippen LogP contribution is 1.59. The average Bonchev–Trinajstić information content (AvgIpc) is 1.50. The fourth-order valence-electron chi connectivity index (χ4n) is 0. The number of hydrogen-bond donors (Lipinski definition) is 6. The summed E-state index contributed by atoms with van der Waals surface area (Å²) in [4.78, 5) is 0. The smallest absolute Gasteiger partial charge is 0.394 e. The summed E-state index contributed by atoms with van der Waals surface area (Å²) in [6.07, 6.45) is 0. The van der Waals surface area contributed by atoms with Gasteiger partial charge in [0.2, 0.25) is 0 Å². The van der Waals surface area contributed by atoms with Gasteiger partial charge in [-0.3, -0.25) is 19.9 Å². The van der Waals surface area contributed by atoms with Gasteiger partial charge in [-0.15, -0.1) is 0 Å². The Morgan fingerprint density at radius 2 is 1.08 bits per heavy atom. The minimum absolute atomic E-state index is 1.08. The van der Waals surface area contributed by atoms with Crippen LogP contribution in [0.2, 0.25) is 0 Å². The quantitative estimate of drug-likeness (QED) is 0.132. The van der Waals surface area contributed by atoms with Crippen LogP contribution in [0.1, 0.15) is 0 Å². The predicted octanol–water partition coefficient (Wildman–Crippen LogP) is -4.17. The van der Waals surface area contributed by atoms with Crippen LogP contribution in [-0.2, 0) is 10.4 Å². The van der Waals surface area contributed by atoms with Crippen molar-refractivity contribution in [2.45, 2.75) is 0 Å². The molecule has 0 radical (unpaired) electrons. The molecule has 0 unspecified atom stereocenters. The Kier molecular flexibility index (Phi) is 11.4. The van der Waals surface area contributed by atoms with Crippen molar-refractivity contribution in [2.75, 3.05) is 0 Å². The zero-order valence-corrected chi connectivity index (χ0v) is 6.91. The fraction of sp³-hybridized carbons (Fsp3) is 0. The SMILES string of the molecule is N=C(N)[O-].N=C(N)[O-].O=S(=O)(O)O. The van der Waals surface area contributed by atoms with E-state index in [1.54, 1.807) is 0 Å². The van der Waals surface area contributed by atoms with Gasteiger partial charge in [-0.2, -0.15) is 8.42 Å². The molecule has 0 aliphatic carbocycles. The van der Waals surface area contributed by atoms with Gasteiger partial charge < -0.3 is 21.7 Å². The summed E-state index contributed by atoms with van der Waals surface area (Å²) in [7, 11) is -4.67. The third-order valence-corrected chi connectivity index (χ3v) is 0. The fourth-order valence-corrected chi connectivity index (χ4v) is 0. The summed E-state index contributed by atoms with van der Waals surface area (Å²) in [5.74, 6) is 0. The van der Waals surface area contributed by atoms with Crippen LogP contribution in [0, 0.1) is 10.8 Å². The van der Waals surface area contributed by atoms with Gasteiger partial charge in [0.05, 0.1) is 0 Å². The Morgan fingerprint density at radius 1 is 1.08 bits per heavy atom. The van der Waals surface area contributed by atoms with Gasteiger partial charge in [0.25, 0.3) is 0 Å². The Hall–Kier alpha value is -1.59. The standard InChI is InChI=1S/2CH4N2O.H2O4S/c2*2-1(3)4;1-5(2,3)4/h2*(H4,2,3,4);(H2,1,2,3,4)/p-2. The van der Waals surface area contributed by atoms with Crippen molar-refractivity contribution in [3.05, 3.63) is 0 Å². The minimum atomic E-state index is -4.67. The summed E-state index contributed by atoms with van der Waals surface area (Å²) < 4.78 is 31.6. The number of amidine groups is 2. The molecule has 0 atom stereocenters. The molecule has 0 aromatic carbocycles. The summed E-state index contributed by atoms with van der Waals surface area (Å²) in [6, 6.07) is -2.17. The molecule has 0 saturated heterocycles. The molecule has 0 saturated carbocycles. The molecule has 80 valence electrons. The molecule has 0 aromatic heterocycles. The molecule has 10 nitrogen and oxygen atoms in total. The lowest BCUT2D eigenvalue weighted by atomic mass is 11.3. The van der Waals surface area contributed by atoms with Crippen LogP contribution in [0.15, 0.2) is 0 Å². The molecule has 0 heterocycles. The number of hydrogen-bond acceptors (Lipinski definition) is 6. The van der Waals surface area contributed by atoms with E-state index in [2.05, 4.69) is 11.5 Å². The van der Waals surface area contributed by atoms with Crippen LogP contribution in [-0.4, -0.2) is 29.6 Å². The third kappa shape index (κ3) is 291. The Labute approximate surface area is 73.4 Å². The van der Waals surface area contributed by atoms with E-state index in [0.29, 0.717) is 0 Å². The van der Waals surface area contributed by atoms with Crippen LogP contribution in [0.25, 0.3) is 0 Å². The number of rotatable bonds is 0. The molecule has 0 aliphatic heterocycles. The summed E-state index contributed by atoms with van der Waals surface area (Å²) in [5.41, 5.74) is 8.28.